The Morgan fingerprint density at radius 2 is 2.22 bits per heavy atom. The highest BCUT2D eigenvalue weighted by molar-refractivity contribution is 7.83. The van der Waals surface area contributed by atoms with Gasteiger partial charge < -0.3 is 5.32 Å². The molecule has 100 valence electrons. The topological polar surface area (TPSA) is 29.1 Å². The van der Waals surface area contributed by atoms with E-state index >= 15 is 0 Å². The Morgan fingerprint density at radius 3 is 2.83 bits per heavy atom. The van der Waals surface area contributed by atoms with Gasteiger partial charge in [-0.1, -0.05) is 24.4 Å². The van der Waals surface area contributed by atoms with E-state index in [1.54, 1.807) is 6.26 Å². The Hall–Kier alpha value is -0.540. The molecule has 1 aliphatic carbocycles. The average Bonchev–Trinajstić information content (AvgIpc) is 3.06. The number of anilines is 1. The van der Waals surface area contributed by atoms with Crippen molar-refractivity contribution in [3.63, 3.8) is 0 Å². The summed E-state index contributed by atoms with van der Waals surface area (Å²) in [6, 6.07) is 6.38. The van der Waals surface area contributed by atoms with Crippen molar-refractivity contribution in [2.45, 2.75) is 38.0 Å². The predicted molar refractivity (Wildman–Crippen MR) is 79.6 cm³/mol. The predicted octanol–water partition coefficient (Wildman–Crippen LogP) is 3.82. The number of nitrogens with one attached hydrogen (secondary N) is 1. The lowest BCUT2D eigenvalue weighted by Crippen LogP contribution is -2.15. The summed E-state index contributed by atoms with van der Waals surface area (Å²) in [5.74, 6) is 1.44. The van der Waals surface area contributed by atoms with E-state index in [1.807, 2.05) is 18.2 Å². The van der Waals surface area contributed by atoms with E-state index in [4.69, 9.17) is 11.6 Å². The highest BCUT2D eigenvalue weighted by atomic mass is 35.5. The van der Waals surface area contributed by atoms with Gasteiger partial charge in [-0.15, -0.1) is 0 Å². The zero-order chi connectivity index (χ0) is 13.1. The monoisotopic (exact) mass is 285 g/mol. The minimum absolute atomic E-state index is 0.485. The number of hydrogen-bond acceptors (Lipinski definition) is 2. The van der Waals surface area contributed by atoms with Gasteiger partial charge >= 0.3 is 0 Å². The van der Waals surface area contributed by atoms with Crippen molar-refractivity contribution in [2.24, 2.45) is 5.92 Å². The van der Waals surface area contributed by atoms with E-state index in [0.717, 1.165) is 17.2 Å². The molecule has 0 heterocycles. The van der Waals surface area contributed by atoms with E-state index < -0.39 is 10.8 Å². The first-order valence-electron chi connectivity index (χ1n) is 6.39. The van der Waals surface area contributed by atoms with E-state index in [0.29, 0.717) is 16.8 Å². The third-order valence-electron chi connectivity index (χ3n) is 3.20. The summed E-state index contributed by atoms with van der Waals surface area (Å²) >= 11 is 6.11. The van der Waals surface area contributed by atoms with Gasteiger partial charge in [-0.05, 0) is 43.0 Å². The van der Waals surface area contributed by atoms with Gasteiger partial charge in [-0.25, -0.2) is 0 Å². The lowest BCUT2D eigenvalue weighted by molar-refractivity contribution is 0.642. The molecule has 0 aromatic heterocycles. The second-order valence-corrected chi connectivity index (χ2v) is 7.09. The second kappa shape index (κ2) is 6.07. The Kier molecular flexibility index (Phi) is 4.68. The van der Waals surface area contributed by atoms with Gasteiger partial charge in [0.25, 0.3) is 0 Å². The van der Waals surface area contributed by atoms with E-state index in [-0.39, 0.29) is 0 Å². The van der Waals surface area contributed by atoms with Crippen molar-refractivity contribution in [3.05, 3.63) is 28.8 Å². The van der Waals surface area contributed by atoms with E-state index in [1.165, 1.54) is 19.3 Å². The minimum atomic E-state index is -0.859. The van der Waals surface area contributed by atoms with Crippen LogP contribution < -0.4 is 5.32 Å². The molecule has 1 fully saturated rings. The summed E-state index contributed by atoms with van der Waals surface area (Å²) in [6.45, 7) is 2.21. The molecule has 1 N–H and O–H groups in total. The SMILES string of the molecule is C[C@@H](CC1CC1)Nc1ccc(Cl)c(C[S@@](C)=O)c1. The largest absolute Gasteiger partial charge is 0.383 e. The third kappa shape index (κ3) is 4.29. The van der Waals surface area contributed by atoms with Crippen LogP contribution in [-0.2, 0) is 16.6 Å². The standard InChI is InChI=1S/C14H20ClNOS/c1-10(7-11-3-4-11)16-13-5-6-14(15)12(8-13)9-18(2)17/h5-6,8,10-11,16H,3-4,7,9H2,1-2H3/t10-,18+/m0/s1. The molecular weight excluding hydrogens is 266 g/mol. The summed E-state index contributed by atoms with van der Waals surface area (Å²) in [5, 5.41) is 4.20. The number of benzene rings is 1. The second-order valence-electron chi connectivity index (χ2n) is 5.25. The molecule has 1 aromatic rings. The van der Waals surface area contributed by atoms with Crippen molar-refractivity contribution in [1.29, 1.82) is 0 Å². The molecule has 0 aliphatic heterocycles. The zero-order valence-electron chi connectivity index (χ0n) is 10.9. The molecule has 0 saturated heterocycles. The molecule has 0 amide bonds. The summed E-state index contributed by atoms with van der Waals surface area (Å²) in [6.07, 6.45) is 5.70. The number of halogens is 1. The smallest absolute Gasteiger partial charge is 0.0498 e. The summed E-state index contributed by atoms with van der Waals surface area (Å²) < 4.78 is 11.3. The van der Waals surface area contributed by atoms with Gasteiger partial charge in [0.05, 0.1) is 0 Å². The highest BCUT2D eigenvalue weighted by Gasteiger charge is 2.23. The zero-order valence-corrected chi connectivity index (χ0v) is 12.5. The maximum Gasteiger partial charge on any atom is 0.0498 e. The molecule has 1 aliphatic rings. The lowest BCUT2D eigenvalue weighted by Gasteiger charge is -2.16. The Labute approximate surface area is 117 Å². The Morgan fingerprint density at radius 1 is 1.50 bits per heavy atom. The van der Waals surface area contributed by atoms with Crippen molar-refractivity contribution in [2.75, 3.05) is 11.6 Å². The number of hydrogen-bond donors (Lipinski definition) is 1. The third-order valence-corrected chi connectivity index (χ3v) is 4.29. The molecule has 1 saturated carbocycles. The van der Waals surface area contributed by atoms with Crippen molar-refractivity contribution in [1.82, 2.24) is 0 Å². The molecule has 4 heteroatoms. The van der Waals surface area contributed by atoms with Gasteiger partial charge in [0.2, 0.25) is 0 Å². The van der Waals surface area contributed by atoms with Gasteiger partial charge in [0.1, 0.15) is 0 Å². The van der Waals surface area contributed by atoms with Crippen LogP contribution in [0, 0.1) is 5.92 Å². The van der Waals surface area contributed by atoms with Crippen LogP contribution in [-0.4, -0.2) is 16.5 Å². The Bertz CT molecular complexity index is 445. The van der Waals surface area contributed by atoms with Gasteiger partial charge in [0, 0.05) is 39.6 Å². The molecule has 0 spiro atoms. The minimum Gasteiger partial charge on any atom is -0.383 e. The quantitative estimate of drug-likeness (QED) is 0.861. The van der Waals surface area contributed by atoms with Gasteiger partial charge in [-0.2, -0.15) is 0 Å². The van der Waals surface area contributed by atoms with Crippen LogP contribution in [0.15, 0.2) is 18.2 Å². The fourth-order valence-corrected chi connectivity index (χ4v) is 3.13. The van der Waals surface area contributed by atoms with Crippen LogP contribution >= 0.6 is 11.6 Å². The Balaban J connectivity index is 2.00. The van der Waals surface area contributed by atoms with Crippen molar-refractivity contribution in [3.8, 4) is 0 Å². The molecule has 18 heavy (non-hydrogen) atoms. The molecule has 2 rings (SSSR count). The normalized spacial score (nSPS) is 18.4. The van der Waals surface area contributed by atoms with Crippen LogP contribution in [0.4, 0.5) is 5.69 Å². The first kappa shape index (κ1) is 13.9. The van der Waals surface area contributed by atoms with Crippen LogP contribution in [0.5, 0.6) is 0 Å². The molecule has 0 radical (unpaired) electrons. The van der Waals surface area contributed by atoms with Crippen LogP contribution in [0.3, 0.4) is 0 Å². The first-order valence-corrected chi connectivity index (χ1v) is 8.50. The summed E-state index contributed by atoms with van der Waals surface area (Å²) in [4.78, 5) is 0. The first-order chi connectivity index (χ1) is 8.54. The molecular formula is C14H20ClNOS. The molecule has 0 unspecified atom stereocenters. The fraction of sp³-hybridized carbons (Fsp3) is 0.571. The maximum absolute atomic E-state index is 11.3. The summed E-state index contributed by atoms with van der Waals surface area (Å²) in [7, 11) is -0.859. The van der Waals surface area contributed by atoms with Gasteiger partial charge in [0.15, 0.2) is 0 Å². The fourth-order valence-electron chi connectivity index (χ4n) is 2.19. The average molecular weight is 286 g/mol. The van der Waals surface area contributed by atoms with Crippen molar-refractivity contribution < 1.29 is 4.21 Å². The molecule has 2 atom stereocenters. The maximum atomic E-state index is 11.3. The van der Waals surface area contributed by atoms with Crippen LogP contribution in [0.25, 0.3) is 0 Å². The number of rotatable bonds is 6. The molecule has 1 aromatic carbocycles. The molecule has 2 nitrogen and oxygen atoms in total. The van der Waals surface area contributed by atoms with Crippen LogP contribution in [0.2, 0.25) is 5.02 Å². The van der Waals surface area contributed by atoms with E-state index in [2.05, 4.69) is 12.2 Å². The van der Waals surface area contributed by atoms with Crippen molar-refractivity contribution >= 4 is 28.1 Å². The van der Waals surface area contributed by atoms with E-state index in [9.17, 15) is 4.21 Å². The lowest BCUT2D eigenvalue weighted by atomic mass is 10.1. The highest BCUT2D eigenvalue weighted by Crippen LogP contribution is 2.34. The van der Waals surface area contributed by atoms with Crippen LogP contribution in [0.1, 0.15) is 31.7 Å². The van der Waals surface area contributed by atoms with Gasteiger partial charge in [-0.3, -0.25) is 4.21 Å². The summed E-state index contributed by atoms with van der Waals surface area (Å²) in [5.41, 5.74) is 2.04. The molecule has 0 bridgehead atoms.